The number of carboxylic acid groups (broad SMARTS) is 1. The summed E-state index contributed by atoms with van der Waals surface area (Å²) in [6.07, 6.45) is 0. The van der Waals surface area contributed by atoms with E-state index in [1.54, 1.807) is 39.0 Å². The van der Waals surface area contributed by atoms with Gasteiger partial charge >= 0.3 is 5.97 Å². The average molecular weight is 363 g/mol. The molecule has 0 aromatic heterocycles. The van der Waals surface area contributed by atoms with E-state index in [-0.39, 0.29) is 10.5 Å². The van der Waals surface area contributed by atoms with Crippen molar-refractivity contribution < 1.29 is 23.1 Å². The second-order valence-electron chi connectivity index (χ2n) is 6.60. The number of sulfonamides is 1. The lowest BCUT2D eigenvalue weighted by atomic mass is 10.0. The van der Waals surface area contributed by atoms with Gasteiger partial charge in [0.05, 0.1) is 17.6 Å². The first-order valence-electron chi connectivity index (χ1n) is 7.59. The fourth-order valence-corrected chi connectivity index (χ4v) is 3.82. The summed E-state index contributed by atoms with van der Waals surface area (Å²) in [6, 6.07) is 10.9. The summed E-state index contributed by atoms with van der Waals surface area (Å²) in [7, 11) is -2.24. The molecule has 0 heterocycles. The Balaban J connectivity index is 2.51. The van der Waals surface area contributed by atoms with E-state index in [0.717, 1.165) is 0 Å². The van der Waals surface area contributed by atoms with Crippen LogP contribution in [-0.2, 0) is 10.0 Å². The predicted octanol–water partition coefficient (Wildman–Crippen LogP) is 3.14. The van der Waals surface area contributed by atoms with E-state index >= 15 is 0 Å². The molecular formula is C18H21NO5S. The van der Waals surface area contributed by atoms with Crippen LogP contribution in [0.1, 0.15) is 31.1 Å². The number of hydrogen-bond acceptors (Lipinski definition) is 4. The highest BCUT2D eigenvalue weighted by atomic mass is 32.2. The Kier molecular flexibility index (Phi) is 5.20. The molecule has 2 rings (SSSR count). The minimum atomic E-state index is -3.67. The number of hydrogen-bond donors (Lipinski definition) is 2. The molecule has 2 N–H and O–H groups in total. The summed E-state index contributed by atoms with van der Waals surface area (Å²) in [5, 5.41) is 9.08. The molecule has 0 bridgehead atoms. The molecule has 0 unspecified atom stereocenters. The van der Waals surface area contributed by atoms with E-state index < -0.39 is 21.5 Å². The predicted molar refractivity (Wildman–Crippen MR) is 95.5 cm³/mol. The number of carbonyl (C=O) groups is 1. The van der Waals surface area contributed by atoms with Crippen LogP contribution < -0.4 is 9.46 Å². The van der Waals surface area contributed by atoms with Crippen molar-refractivity contribution in [2.24, 2.45) is 0 Å². The van der Waals surface area contributed by atoms with Gasteiger partial charge in [0, 0.05) is 11.1 Å². The van der Waals surface area contributed by atoms with Gasteiger partial charge < -0.3 is 9.84 Å². The number of methoxy groups -OCH3 is 1. The molecular weight excluding hydrogens is 342 g/mol. The van der Waals surface area contributed by atoms with Gasteiger partial charge in [-0.05, 0) is 56.7 Å². The van der Waals surface area contributed by atoms with Crippen molar-refractivity contribution in [2.45, 2.75) is 31.2 Å². The van der Waals surface area contributed by atoms with Crippen LogP contribution in [-0.4, -0.2) is 32.1 Å². The molecule has 0 spiro atoms. The van der Waals surface area contributed by atoms with Crippen molar-refractivity contribution in [3.63, 3.8) is 0 Å². The fourth-order valence-electron chi connectivity index (χ4n) is 2.36. The van der Waals surface area contributed by atoms with Crippen LogP contribution in [0, 0.1) is 0 Å². The summed E-state index contributed by atoms with van der Waals surface area (Å²) in [4.78, 5) is 11.2. The van der Waals surface area contributed by atoms with Gasteiger partial charge in [-0.1, -0.05) is 12.1 Å². The third kappa shape index (κ3) is 4.58. The van der Waals surface area contributed by atoms with Gasteiger partial charge in [0.2, 0.25) is 10.0 Å². The lowest BCUT2D eigenvalue weighted by Crippen LogP contribution is -2.40. The molecule has 25 heavy (non-hydrogen) atoms. The SMILES string of the molecule is COc1cc(C(=O)O)ccc1-c1cccc(S(=O)(=O)NC(C)(C)C)c1. The van der Waals surface area contributed by atoms with Crippen LogP contribution in [0.25, 0.3) is 11.1 Å². The number of aromatic carboxylic acids is 1. The van der Waals surface area contributed by atoms with Gasteiger partial charge in [0.1, 0.15) is 5.75 Å². The molecule has 0 aliphatic heterocycles. The zero-order valence-electron chi connectivity index (χ0n) is 14.5. The quantitative estimate of drug-likeness (QED) is 0.851. The number of rotatable bonds is 5. The first-order chi connectivity index (χ1) is 11.5. The summed E-state index contributed by atoms with van der Waals surface area (Å²) in [5.41, 5.74) is 0.722. The van der Waals surface area contributed by atoms with Crippen molar-refractivity contribution >= 4 is 16.0 Å². The van der Waals surface area contributed by atoms with Crippen molar-refractivity contribution in [1.82, 2.24) is 4.72 Å². The highest BCUT2D eigenvalue weighted by Gasteiger charge is 2.22. The van der Waals surface area contributed by atoms with E-state index in [4.69, 9.17) is 9.84 Å². The standard InChI is InChI=1S/C18H21NO5S/c1-18(2,3)19-25(22,23)14-7-5-6-12(10-14)15-9-8-13(17(20)21)11-16(15)24-4/h5-11,19H,1-4H3,(H,20,21). The summed E-state index contributed by atoms with van der Waals surface area (Å²) < 4.78 is 32.9. The first kappa shape index (κ1) is 19.0. The number of carboxylic acids is 1. The molecule has 0 radical (unpaired) electrons. The Morgan fingerprint density at radius 3 is 2.36 bits per heavy atom. The molecule has 0 fully saturated rings. The van der Waals surface area contributed by atoms with Crippen LogP contribution in [0.2, 0.25) is 0 Å². The first-order valence-corrected chi connectivity index (χ1v) is 9.07. The maximum Gasteiger partial charge on any atom is 0.335 e. The smallest absolute Gasteiger partial charge is 0.335 e. The number of nitrogens with one attached hydrogen (secondary N) is 1. The summed E-state index contributed by atoms with van der Waals surface area (Å²) in [6.45, 7) is 5.30. The highest BCUT2D eigenvalue weighted by Crippen LogP contribution is 2.32. The van der Waals surface area contributed by atoms with Gasteiger partial charge in [-0.15, -0.1) is 0 Å². The highest BCUT2D eigenvalue weighted by molar-refractivity contribution is 7.89. The minimum Gasteiger partial charge on any atom is -0.496 e. The second kappa shape index (κ2) is 6.85. The molecule has 0 aliphatic carbocycles. The Morgan fingerprint density at radius 1 is 1.12 bits per heavy atom. The van der Waals surface area contributed by atoms with Gasteiger partial charge in [0.15, 0.2) is 0 Å². The third-order valence-electron chi connectivity index (χ3n) is 3.34. The van der Waals surface area contributed by atoms with Gasteiger partial charge in [-0.25, -0.2) is 17.9 Å². The van der Waals surface area contributed by atoms with Crippen molar-refractivity contribution in [3.8, 4) is 16.9 Å². The molecule has 7 heteroatoms. The minimum absolute atomic E-state index is 0.0961. The molecule has 0 amide bonds. The van der Waals surface area contributed by atoms with E-state index in [9.17, 15) is 13.2 Å². The number of ether oxygens (including phenoxy) is 1. The van der Waals surface area contributed by atoms with Crippen LogP contribution in [0.3, 0.4) is 0 Å². The zero-order valence-corrected chi connectivity index (χ0v) is 15.3. The summed E-state index contributed by atoms with van der Waals surface area (Å²) in [5.74, 6) is -0.700. The van der Waals surface area contributed by atoms with Gasteiger partial charge in [-0.2, -0.15) is 0 Å². The lowest BCUT2D eigenvalue weighted by molar-refractivity contribution is 0.0696. The average Bonchev–Trinajstić information content (AvgIpc) is 2.52. The molecule has 2 aromatic rings. The fraction of sp³-hybridized carbons (Fsp3) is 0.278. The Hall–Kier alpha value is -2.38. The van der Waals surface area contributed by atoms with E-state index in [1.165, 1.54) is 31.4 Å². The molecule has 0 aliphatic rings. The molecule has 134 valence electrons. The third-order valence-corrected chi connectivity index (χ3v) is 5.10. The molecule has 0 atom stereocenters. The zero-order chi connectivity index (χ0) is 18.8. The molecule has 6 nitrogen and oxygen atoms in total. The maximum atomic E-state index is 12.5. The Bertz CT molecular complexity index is 898. The van der Waals surface area contributed by atoms with Crippen molar-refractivity contribution in [2.75, 3.05) is 7.11 Å². The van der Waals surface area contributed by atoms with E-state index in [1.807, 2.05) is 0 Å². The van der Waals surface area contributed by atoms with Crippen molar-refractivity contribution in [1.29, 1.82) is 0 Å². The van der Waals surface area contributed by atoms with Crippen LogP contribution >= 0.6 is 0 Å². The van der Waals surface area contributed by atoms with E-state index in [2.05, 4.69) is 4.72 Å². The monoisotopic (exact) mass is 363 g/mol. The molecule has 0 saturated heterocycles. The van der Waals surface area contributed by atoms with Crippen LogP contribution in [0.5, 0.6) is 5.75 Å². The van der Waals surface area contributed by atoms with Gasteiger partial charge in [-0.3, -0.25) is 0 Å². The molecule has 2 aromatic carbocycles. The lowest BCUT2D eigenvalue weighted by Gasteiger charge is -2.20. The Labute approximate surface area is 147 Å². The topological polar surface area (TPSA) is 92.7 Å². The Morgan fingerprint density at radius 2 is 1.80 bits per heavy atom. The van der Waals surface area contributed by atoms with E-state index in [0.29, 0.717) is 16.9 Å². The molecule has 0 saturated carbocycles. The summed E-state index contributed by atoms with van der Waals surface area (Å²) >= 11 is 0. The largest absolute Gasteiger partial charge is 0.496 e. The maximum absolute atomic E-state index is 12.5. The van der Waals surface area contributed by atoms with Crippen LogP contribution in [0.15, 0.2) is 47.4 Å². The van der Waals surface area contributed by atoms with Crippen LogP contribution in [0.4, 0.5) is 0 Å². The normalized spacial score (nSPS) is 12.0. The van der Waals surface area contributed by atoms with Gasteiger partial charge in [0.25, 0.3) is 0 Å². The number of benzene rings is 2. The second-order valence-corrected chi connectivity index (χ2v) is 8.29. The van der Waals surface area contributed by atoms with Crippen molar-refractivity contribution in [3.05, 3.63) is 48.0 Å².